The second-order valence-electron chi connectivity index (χ2n) is 7.37. The maximum atomic E-state index is 12.9. The zero-order valence-electron chi connectivity index (χ0n) is 15.0. The van der Waals surface area contributed by atoms with Gasteiger partial charge >= 0.3 is 0 Å². The molecular formula is C21H25N3O2. The molecule has 0 bridgehead atoms. The van der Waals surface area contributed by atoms with Crippen LogP contribution >= 0.6 is 0 Å². The second kappa shape index (κ2) is 7.74. The van der Waals surface area contributed by atoms with Gasteiger partial charge in [-0.3, -0.25) is 9.59 Å². The first kappa shape index (κ1) is 18.2. The summed E-state index contributed by atoms with van der Waals surface area (Å²) in [5.41, 5.74) is 1.20. The number of benzene rings is 1. The van der Waals surface area contributed by atoms with Crippen molar-refractivity contribution in [1.29, 1.82) is 5.26 Å². The molecule has 2 atom stereocenters. The van der Waals surface area contributed by atoms with Gasteiger partial charge in [0.25, 0.3) is 5.91 Å². The van der Waals surface area contributed by atoms with Crippen molar-refractivity contribution in [1.82, 2.24) is 10.2 Å². The molecule has 2 aliphatic rings. The molecule has 0 radical (unpaired) electrons. The standard InChI is InChI=1S/C21H25N3O2/c1-2-19(25)23-12-16-7-9-17(10-8-16)20(26)24-13-18-6-4-3-5-11-21(18,14-22)15-24/h2,7-10,18H,1,3-6,11-13,15H2,(H,23,25). The minimum Gasteiger partial charge on any atom is -0.348 e. The lowest BCUT2D eigenvalue weighted by atomic mass is 9.76. The molecular weight excluding hydrogens is 326 g/mol. The second-order valence-corrected chi connectivity index (χ2v) is 7.37. The average Bonchev–Trinajstić information content (AvgIpc) is 2.93. The molecule has 2 unspecified atom stereocenters. The van der Waals surface area contributed by atoms with Crippen LogP contribution in [-0.4, -0.2) is 29.8 Å². The van der Waals surface area contributed by atoms with E-state index in [0.717, 1.165) is 31.2 Å². The van der Waals surface area contributed by atoms with Gasteiger partial charge in [0, 0.05) is 25.2 Å². The number of nitriles is 1. The van der Waals surface area contributed by atoms with E-state index in [0.29, 0.717) is 31.1 Å². The molecule has 1 aromatic rings. The molecule has 3 rings (SSSR count). The Bertz CT molecular complexity index is 735. The first-order valence-electron chi connectivity index (χ1n) is 9.28. The fraction of sp³-hybridized carbons (Fsp3) is 0.476. The third-order valence-electron chi connectivity index (χ3n) is 5.73. The molecule has 1 aromatic carbocycles. The van der Waals surface area contributed by atoms with Crippen molar-refractivity contribution in [3.05, 3.63) is 48.0 Å². The van der Waals surface area contributed by atoms with Crippen LogP contribution in [0.1, 0.15) is 48.0 Å². The third-order valence-corrected chi connectivity index (χ3v) is 5.73. The number of fused-ring (bicyclic) bond motifs is 1. The van der Waals surface area contributed by atoms with Gasteiger partial charge < -0.3 is 10.2 Å². The van der Waals surface area contributed by atoms with Gasteiger partial charge in [0.1, 0.15) is 0 Å². The van der Waals surface area contributed by atoms with Crippen molar-refractivity contribution in [2.45, 2.75) is 38.6 Å². The van der Waals surface area contributed by atoms with Crippen molar-refractivity contribution >= 4 is 11.8 Å². The molecule has 0 spiro atoms. The lowest BCUT2D eigenvalue weighted by molar-refractivity contribution is -0.116. The predicted molar refractivity (Wildman–Crippen MR) is 99.0 cm³/mol. The van der Waals surface area contributed by atoms with E-state index < -0.39 is 0 Å². The lowest BCUT2D eigenvalue weighted by Crippen LogP contribution is -2.32. The normalized spacial score (nSPS) is 24.9. The van der Waals surface area contributed by atoms with E-state index in [1.54, 1.807) is 12.1 Å². The summed E-state index contributed by atoms with van der Waals surface area (Å²) >= 11 is 0. The Morgan fingerprint density at radius 2 is 2.08 bits per heavy atom. The van der Waals surface area contributed by atoms with Gasteiger partial charge in [0.05, 0.1) is 11.5 Å². The molecule has 1 aliphatic heterocycles. The van der Waals surface area contributed by atoms with Gasteiger partial charge in [-0.2, -0.15) is 5.26 Å². The zero-order valence-corrected chi connectivity index (χ0v) is 15.0. The van der Waals surface area contributed by atoms with Gasteiger partial charge in [-0.1, -0.05) is 38.0 Å². The maximum Gasteiger partial charge on any atom is 0.253 e. The van der Waals surface area contributed by atoms with Gasteiger partial charge in [-0.15, -0.1) is 0 Å². The van der Waals surface area contributed by atoms with Crippen molar-refractivity contribution < 1.29 is 9.59 Å². The molecule has 26 heavy (non-hydrogen) atoms. The minimum atomic E-state index is -0.360. The van der Waals surface area contributed by atoms with Crippen LogP contribution in [0.5, 0.6) is 0 Å². The number of nitrogens with zero attached hydrogens (tertiary/aromatic N) is 2. The van der Waals surface area contributed by atoms with E-state index >= 15 is 0 Å². The molecule has 1 saturated heterocycles. The number of likely N-dealkylation sites (tertiary alicyclic amines) is 1. The SMILES string of the molecule is C=CC(=O)NCc1ccc(C(=O)N2CC3CCCCCC3(C#N)C2)cc1. The smallest absolute Gasteiger partial charge is 0.253 e. The van der Waals surface area contributed by atoms with Gasteiger partial charge in [0.2, 0.25) is 5.91 Å². The number of hydrogen-bond donors (Lipinski definition) is 1. The molecule has 1 saturated carbocycles. The summed E-state index contributed by atoms with van der Waals surface area (Å²) < 4.78 is 0. The maximum absolute atomic E-state index is 12.9. The molecule has 0 aromatic heterocycles. The Morgan fingerprint density at radius 1 is 1.31 bits per heavy atom. The van der Waals surface area contributed by atoms with Crippen LogP contribution in [-0.2, 0) is 11.3 Å². The number of carbonyl (C=O) groups excluding carboxylic acids is 2. The van der Waals surface area contributed by atoms with E-state index in [2.05, 4.69) is 18.0 Å². The minimum absolute atomic E-state index is 0.00521. The first-order valence-corrected chi connectivity index (χ1v) is 9.28. The summed E-state index contributed by atoms with van der Waals surface area (Å²) in [5, 5.41) is 12.5. The number of hydrogen-bond acceptors (Lipinski definition) is 3. The third kappa shape index (κ3) is 3.65. The predicted octanol–water partition coefficient (Wildman–Crippen LogP) is 3.03. The molecule has 5 nitrogen and oxygen atoms in total. The first-order chi connectivity index (χ1) is 12.6. The Labute approximate surface area is 154 Å². The van der Waals surface area contributed by atoms with Gasteiger partial charge in [-0.25, -0.2) is 0 Å². The molecule has 1 aliphatic carbocycles. The van der Waals surface area contributed by atoms with Crippen molar-refractivity contribution in [2.75, 3.05) is 13.1 Å². The highest BCUT2D eigenvalue weighted by Crippen LogP contribution is 2.45. The van der Waals surface area contributed by atoms with E-state index in [9.17, 15) is 14.9 Å². The van der Waals surface area contributed by atoms with Crippen LogP contribution in [0.15, 0.2) is 36.9 Å². The number of nitrogens with one attached hydrogen (secondary N) is 1. The summed E-state index contributed by atoms with van der Waals surface area (Å²) in [6.07, 6.45) is 6.60. The lowest BCUT2D eigenvalue weighted by Gasteiger charge is -2.24. The van der Waals surface area contributed by atoms with Crippen LogP contribution < -0.4 is 5.32 Å². The summed E-state index contributed by atoms with van der Waals surface area (Å²) in [6, 6.07) is 9.85. The van der Waals surface area contributed by atoms with E-state index in [4.69, 9.17) is 0 Å². The highest BCUT2D eigenvalue weighted by atomic mass is 16.2. The Hall–Kier alpha value is -2.61. The van der Waals surface area contributed by atoms with Crippen molar-refractivity contribution in [2.24, 2.45) is 11.3 Å². The van der Waals surface area contributed by atoms with Crippen molar-refractivity contribution in [3.8, 4) is 6.07 Å². The fourth-order valence-corrected chi connectivity index (χ4v) is 4.18. The van der Waals surface area contributed by atoms with Gasteiger partial charge in [-0.05, 0) is 42.5 Å². The Morgan fingerprint density at radius 3 is 2.77 bits per heavy atom. The largest absolute Gasteiger partial charge is 0.348 e. The highest BCUT2D eigenvalue weighted by molar-refractivity contribution is 5.94. The number of amides is 2. The molecule has 5 heteroatoms. The summed E-state index contributed by atoms with van der Waals surface area (Å²) in [4.78, 5) is 26.0. The van der Waals surface area contributed by atoms with E-state index in [1.165, 1.54) is 12.5 Å². The topological polar surface area (TPSA) is 73.2 Å². The zero-order chi connectivity index (χ0) is 18.6. The number of rotatable bonds is 4. The van der Waals surface area contributed by atoms with E-state index in [1.807, 2.05) is 17.0 Å². The van der Waals surface area contributed by atoms with Crippen LogP contribution in [0.25, 0.3) is 0 Å². The fourth-order valence-electron chi connectivity index (χ4n) is 4.18. The molecule has 2 fully saturated rings. The van der Waals surface area contributed by atoms with Crippen LogP contribution in [0.3, 0.4) is 0 Å². The monoisotopic (exact) mass is 351 g/mol. The van der Waals surface area contributed by atoms with Crippen LogP contribution in [0, 0.1) is 22.7 Å². The van der Waals surface area contributed by atoms with Gasteiger partial charge in [0.15, 0.2) is 0 Å². The Kier molecular flexibility index (Phi) is 5.41. The molecule has 2 amide bonds. The quantitative estimate of drug-likeness (QED) is 0.848. The van der Waals surface area contributed by atoms with Crippen LogP contribution in [0.4, 0.5) is 0 Å². The average molecular weight is 351 g/mol. The summed E-state index contributed by atoms with van der Waals surface area (Å²) in [7, 11) is 0. The summed E-state index contributed by atoms with van der Waals surface area (Å²) in [6.45, 7) is 5.05. The van der Waals surface area contributed by atoms with Crippen molar-refractivity contribution in [3.63, 3.8) is 0 Å². The summed E-state index contributed by atoms with van der Waals surface area (Å²) in [5.74, 6) is 0.0734. The number of carbonyl (C=O) groups is 2. The molecule has 1 heterocycles. The molecule has 1 N–H and O–H groups in total. The highest BCUT2D eigenvalue weighted by Gasteiger charge is 2.48. The van der Waals surface area contributed by atoms with E-state index in [-0.39, 0.29) is 17.2 Å². The molecule has 136 valence electrons. The van der Waals surface area contributed by atoms with Crippen LogP contribution in [0.2, 0.25) is 0 Å². The Balaban J connectivity index is 1.67.